The second-order valence-corrected chi connectivity index (χ2v) is 7.76. The summed E-state index contributed by atoms with van der Waals surface area (Å²) in [6.07, 6.45) is -1.40. The van der Waals surface area contributed by atoms with Gasteiger partial charge >= 0.3 is 6.09 Å². The molecule has 5 nitrogen and oxygen atoms in total. The number of rotatable bonds is 8. The van der Waals surface area contributed by atoms with Crippen LogP contribution in [-0.4, -0.2) is 45.4 Å². The van der Waals surface area contributed by atoms with Gasteiger partial charge in [0.2, 0.25) is 0 Å². The molecule has 146 valence electrons. The number of nitrogens with zero attached hydrogens (tertiary/aromatic N) is 1. The Kier molecular flexibility index (Phi) is 7.39. The molecule has 2 atom stereocenters. The van der Waals surface area contributed by atoms with E-state index in [1.165, 1.54) is 4.90 Å². The summed E-state index contributed by atoms with van der Waals surface area (Å²) in [5.41, 5.74) is 1.50. The monoisotopic (exact) mass is 370 g/mol. The topological polar surface area (TPSA) is 72.8 Å². The van der Waals surface area contributed by atoms with Crippen molar-refractivity contribution in [1.82, 2.24) is 10.2 Å². The van der Waals surface area contributed by atoms with Gasteiger partial charge in [0.05, 0.1) is 12.1 Å². The van der Waals surface area contributed by atoms with Gasteiger partial charge in [-0.15, -0.1) is 0 Å². The molecule has 0 aromatic heterocycles. The van der Waals surface area contributed by atoms with Crippen LogP contribution in [0.5, 0.6) is 0 Å². The Balaban J connectivity index is 2.13. The third kappa shape index (κ3) is 6.38. The van der Waals surface area contributed by atoms with Crippen molar-refractivity contribution >= 4 is 6.09 Å². The molecule has 0 heterocycles. The minimum Gasteiger partial charge on any atom is -0.465 e. The van der Waals surface area contributed by atoms with E-state index in [1.54, 1.807) is 0 Å². The molecule has 0 aliphatic rings. The molecule has 0 aliphatic carbocycles. The molecule has 0 bridgehead atoms. The molecule has 1 amide bonds. The highest BCUT2D eigenvalue weighted by Crippen LogP contribution is 2.22. The number of benzene rings is 2. The Morgan fingerprint density at radius 3 is 2.00 bits per heavy atom. The Bertz CT molecular complexity index is 699. The first-order valence-electron chi connectivity index (χ1n) is 9.28. The highest BCUT2D eigenvalue weighted by Gasteiger charge is 2.37. The van der Waals surface area contributed by atoms with Gasteiger partial charge in [-0.05, 0) is 38.3 Å². The summed E-state index contributed by atoms with van der Waals surface area (Å²) < 4.78 is 0. The van der Waals surface area contributed by atoms with Crippen LogP contribution in [0.25, 0.3) is 0 Å². The Hall–Kier alpha value is -2.37. The summed E-state index contributed by atoms with van der Waals surface area (Å²) >= 11 is 0. The standard InChI is InChI=1S/C22H30N2O3/c1-22(2,3)24(21(26)27)19(14-17-10-6-4-7-11-17)20(25)16-23-15-18-12-8-5-9-13-18/h4-13,19-20,23,25H,14-16H2,1-3H3,(H,26,27)/t19-,20+/m0/s1. The first-order valence-corrected chi connectivity index (χ1v) is 9.28. The van der Waals surface area contributed by atoms with Crippen LogP contribution < -0.4 is 5.32 Å². The molecule has 2 aromatic rings. The van der Waals surface area contributed by atoms with E-state index in [0.29, 0.717) is 19.5 Å². The number of aliphatic hydroxyl groups is 1. The van der Waals surface area contributed by atoms with Gasteiger partial charge in [-0.1, -0.05) is 60.7 Å². The first kappa shape index (κ1) is 20.9. The van der Waals surface area contributed by atoms with Crippen molar-refractivity contribution in [2.75, 3.05) is 6.54 Å². The maximum absolute atomic E-state index is 12.0. The van der Waals surface area contributed by atoms with Crippen LogP contribution in [0.15, 0.2) is 60.7 Å². The lowest BCUT2D eigenvalue weighted by Crippen LogP contribution is -2.58. The predicted molar refractivity (Wildman–Crippen MR) is 108 cm³/mol. The third-order valence-corrected chi connectivity index (χ3v) is 4.52. The zero-order chi connectivity index (χ0) is 19.9. The van der Waals surface area contributed by atoms with Crippen LogP contribution in [-0.2, 0) is 13.0 Å². The van der Waals surface area contributed by atoms with Crippen molar-refractivity contribution < 1.29 is 15.0 Å². The average Bonchev–Trinajstić information content (AvgIpc) is 2.61. The molecule has 0 spiro atoms. The number of carbonyl (C=O) groups is 1. The average molecular weight is 370 g/mol. The molecule has 0 fully saturated rings. The van der Waals surface area contributed by atoms with Gasteiger partial charge in [-0.2, -0.15) is 0 Å². The second kappa shape index (κ2) is 9.53. The van der Waals surface area contributed by atoms with Crippen LogP contribution in [0.4, 0.5) is 4.79 Å². The van der Waals surface area contributed by atoms with Crippen molar-refractivity contribution in [2.24, 2.45) is 0 Å². The van der Waals surface area contributed by atoms with Crippen molar-refractivity contribution in [2.45, 2.75) is 51.4 Å². The maximum atomic E-state index is 12.0. The van der Waals surface area contributed by atoms with Crippen LogP contribution in [0.1, 0.15) is 31.9 Å². The van der Waals surface area contributed by atoms with Gasteiger partial charge in [-0.3, -0.25) is 4.90 Å². The Morgan fingerprint density at radius 1 is 1.00 bits per heavy atom. The second-order valence-electron chi connectivity index (χ2n) is 7.76. The summed E-state index contributed by atoms with van der Waals surface area (Å²) in [7, 11) is 0. The van der Waals surface area contributed by atoms with Crippen LogP contribution >= 0.6 is 0 Å². The molecule has 27 heavy (non-hydrogen) atoms. The summed E-state index contributed by atoms with van der Waals surface area (Å²) in [6, 6.07) is 19.1. The molecule has 0 saturated heterocycles. The SMILES string of the molecule is CC(C)(C)N(C(=O)O)[C@@H](Cc1ccccc1)[C@H](O)CNCc1ccccc1. The molecule has 3 N–H and O–H groups in total. The van der Waals surface area contributed by atoms with Gasteiger partial charge in [-0.25, -0.2) is 4.79 Å². The molecule has 5 heteroatoms. The number of aliphatic hydroxyl groups excluding tert-OH is 1. The van der Waals surface area contributed by atoms with E-state index in [4.69, 9.17) is 0 Å². The number of hydrogen-bond acceptors (Lipinski definition) is 3. The van der Waals surface area contributed by atoms with E-state index in [-0.39, 0.29) is 0 Å². The third-order valence-electron chi connectivity index (χ3n) is 4.52. The Morgan fingerprint density at radius 2 is 1.52 bits per heavy atom. The molecule has 0 saturated carbocycles. The summed E-state index contributed by atoms with van der Waals surface area (Å²) in [6.45, 7) is 6.49. The molecular formula is C22H30N2O3. The fourth-order valence-electron chi connectivity index (χ4n) is 3.28. The van der Waals surface area contributed by atoms with Crippen molar-refractivity contribution in [3.05, 3.63) is 71.8 Å². The Labute approximate surface area is 161 Å². The quantitative estimate of drug-likeness (QED) is 0.665. The van der Waals surface area contributed by atoms with E-state index in [0.717, 1.165) is 11.1 Å². The van der Waals surface area contributed by atoms with Crippen molar-refractivity contribution in [3.63, 3.8) is 0 Å². The minimum absolute atomic E-state index is 0.312. The molecule has 0 aliphatic heterocycles. The minimum atomic E-state index is -1.02. The zero-order valence-electron chi connectivity index (χ0n) is 16.3. The van der Waals surface area contributed by atoms with Gasteiger partial charge < -0.3 is 15.5 Å². The number of nitrogens with one attached hydrogen (secondary N) is 1. The van der Waals surface area contributed by atoms with E-state index < -0.39 is 23.8 Å². The fraction of sp³-hybridized carbons (Fsp3) is 0.409. The van der Waals surface area contributed by atoms with Gasteiger partial charge in [0.1, 0.15) is 0 Å². The number of hydrogen-bond donors (Lipinski definition) is 3. The summed E-state index contributed by atoms with van der Waals surface area (Å²) in [4.78, 5) is 13.3. The van der Waals surface area contributed by atoms with Gasteiger partial charge in [0, 0.05) is 18.6 Å². The van der Waals surface area contributed by atoms with Crippen LogP contribution in [0.3, 0.4) is 0 Å². The van der Waals surface area contributed by atoms with E-state index in [9.17, 15) is 15.0 Å². The van der Waals surface area contributed by atoms with Gasteiger partial charge in [0.25, 0.3) is 0 Å². The summed E-state index contributed by atoms with van der Waals surface area (Å²) in [5, 5.41) is 23.9. The van der Waals surface area contributed by atoms with E-state index in [1.807, 2.05) is 81.4 Å². The van der Waals surface area contributed by atoms with Crippen LogP contribution in [0, 0.1) is 0 Å². The molecule has 0 radical (unpaired) electrons. The lowest BCUT2D eigenvalue weighted by molar-refractivity contribution is 0.00770. The molecule has 0 unspecified atom stereocenters. The predicted octanol–water partition coefficient (Wildman–Crippen LogP) is 3.53. The lowest BCUT2D eigenvalue weighted by Gasteiger charge is -2.42. The molecular weight excluding hydrogens is 340 g/mol. The first-order chi connectivity index (χ1) is 12.8. The van der Waals surface area contributed by atoms with Crippen LogP contribution in [0.2, 0.25) is 0 Å². The van der Waals surface area contributed by atoms with Gasteiger partial charge in [0.15, 0.2) is 0 Å². The summed E-state index contributed by atoms with van der Waals surface area (Å²) in [5.74, 6) is 0. The normalized spacial score (nSPS) is 13.8. The van der Waals surface area contributed by atoms with Crippen molar-refractivity contribution in [1.29, 1.82) is 0 Å². The smallest absolute Gasteiger partial charge is 0.408 e. The fourth-order valence-corrected chi connectivity index (χ4v) is 3.28. The zero-order valence-corrected chi connectivity index (χ0v) is 16.3. The largest absolute Gasteiger partial charge is 0.465 e. The highest BCUT2D eigenvalue weighted by atomic mass is 16.4. The van der Waals surface area contributed by atoms with E-state index >= 15 is 0 Å². The highest BCUT2D eigenvalue weighted by molar-refractivity contribution is 5.66. The molecule has 2 rings (SSSR count). The number of amides is 1. The van der Waals surface area contributed by atoms with E-state index in [2.05, 4.69) is 5.32 Å². The number of carboxylic acid groups (broad SMARTS) is 1. The maximum Gasteiger partial charge on any atom is 0.408 e. The molecule has 2 aromatic carbocycles. The lowest BCUT2D eigenvalue weighted by atomic mass is 9.94. The van der Waals surface area contributed by atoms with Crippen molar-refractivity contribution in [3.8, 4) is 0 Å².